The number of pyridine rings is 1. The molecule has 2 aromatic carbocycles. The van der Waals surface area contributed by atoms with Gasteiger partial charge in [-0.1, -0.05) is 34.1 Å². The van der Waals surface area contributed by atoms with E-state index < -0.39 is 0 Å². The Morgan fingerprint density at radius 3 is 2.16 bits per heavy atom. The van der Waals surface area contributed by atoms with E-state index in [1.807, 2.05) is 30.3 Å². The number of carbonyl (C=O) groups is 2. The monoisotopic (exact) mass is 395 g/mol. The zero-order chi connectivity index (χ0) is 17.6. The molecule has 2 N–H and O–H groups in total. The first-order valence-corrected chi connectivity index (χ1v) is 8.30. The maximum atomic E-state index is 12.3. The molecule has 0 fully saturated rings. The highest BCUT2D eigenvalue weighted by Gasteiger charge is 2.12. The Bertz CT molecular complexity index is 896. The van der Waals surface area contributed by atoms with Crippen LogP contribution < -0.4 is 10.6 Å². The lowest BCUT2D eigenvalue weighted by Crippen LogP contribution is -2.16. The summed E-state index contributed by atoms with van der Waals surface area (Å²) < 4.78 is 0.925. The summed E-state index contributed by atoms with van der Waals surface area (Å²) in [6.45, 7) is 0. The molecule has 1 aromatic heterocycles. The highest BCUT2D eigenvalue weighted by Crippen LogP contribution is 2.15. The van der Waals surface area contributed by atoms with E-state index in [0.717, 1.165) is 4.47 Å². The Hall–Kier alpha value is -2.99. The van der Waals surface area contributed by atoms with Crippen molar-refractivity contribution in [3.05, 3.63) is 88.7 Å². The largest absolute Gasteiger partial charge is 0.322 e. The van der Waals surface area contributed by atoms with Crippen LogP contribution in [0.3, 0.4) is 0 Å². The highest BCUT2D eigenvalue weighted by molar-refractivity contribution is 9.10. The lowest BCUT2D eigenvalue weighted by atomic mass is 10.2. The zero-order valence-electron chi connectivity index (χ0n) is 13.1. The van der Waals surface area contributed by atoms with Crippen molar-refractivity contribution in [1.82, 2.24) is 4.98 Å². The minimum Gasteiger partial charge on any atom is -0.322 e. The van der Waals surface area contributed by atoms with Crippen molar-refractivity contribution in [3.8, 4) is 0 Å². The molecule has 1 heterocycles. The lowest BCUT2D eigenvalue weighted by molar-refractivity contribution is 0.102. The molecule has 0 saturated heterocycles. The lowest BCUT2D eigenvalue weighted by Gasteiger charge is -2.07. The van der Waals surface area contributed by atoms with Crippen molar-refractivity contribution in [1.29, 1.82) is 0 Å². The van der Waals surface area contributed by atoms with Gasteiger partial charge in [0.2, 0.25) is 0 Å². The number of para-hydroxylation sites is 1. The van der Waals surface area contributed by atoms with Gasteiger partial charge in [-0.3, -0.25) is 14.6 Å². The standard InChI is InChI=1S/C19H14BrN3O2/c20-14-6-8-16(9-7-14)22-18(24)13-10-11-21-17(12-13)19(25)23-15-4-2-1-3-5-15/h1-12H,(H,22,24)(H,23,25). The maximum Gasteiger partial charge on any atom is 0.274 e. The SMILES string of the molecule is O=C(Nc1ccc(Br)cc1)c1ccnc(C(=O)Nc2ccccc2)c1. The van der Waals surface area contributed by atoms with Crippen LogP contribution in [0.1, 0.15) is 20.8 Å². The normalized spacial score (nSPS) is 10.1. The molecular formula is C19H14BrN3O2. The molecule has 3 aromatic rings. The zero-order valence-corrected chi connectivity index (χ0v) is 14.7. The molecule has 124 valence electrons. The van der Waals surface area contributed by atoms with E-state index in [2.05, 4.69) is 31.5 Å². The minimum absolute atomic E-state index is 0.173. The maximum absolute atomic E-state index is 12.3. The van der Waals surface area contributed by atoms with Gasteiger partial charge in [0.05, 0.1) is 0 Å². The van der Waals surface area contributed by atoms with Gasteiger partial charge in [0, 0.05) is 27.6 Å². The molecule has 0 aliphatic carbocycles. The van der Waals surface area contributed by atoms with Gasteiger partial charge >= 0.3 is 0 Å². The fourth-order valence-electron chi connectivity index (χ4n) is 2.15. The third-order valence-electron chi connectivity index (χ3n) is 3.39. The number of hydrogen-bond acceptors (Lipinski definition) is 3. The third kappa shape index (κ3) is 4.51. The Morgan fingerprint density at radius 2 is 1.44 bits per heavy atom. The predicted octanol–water partition coefficient (Wildman–Crippen LogP) is 4.35. The van der Waals surface area contributed by atoms with Crippen LogP contribution in [0.25, 0.3) is 0 Å². The van der Waals surface area contributed by atoms with Crippen molar-refractivity contribution in [2.45, 2.75) is 0 Å². The summed E-state index contributed by atoms with van der Waals surface area (Å²) in [6.07, 6.45) is 1.44. The van der Waals surface area contributed by atoms with Crippen LogP contribution in [0.4, 0.5) is 11.4 Å². The predicted molar refractivity (Wildman–Crippen MR) is 101 cm³/mol. The van der Waals surface area contributed by atoms with E-state index in [0.29, 0.717) is 16.9 Å². The average Bonchev–Trinajstić information content (AvgIpc) is 2.64. The Kier molecular flexibility index (Phi) is 5.20. The topological polar surface area (TPSA) is 71.1 Å². The highest BCUT2D eigenvalue weighted by atomic mass is 79.9. The first-order valence-electron chi connectivity index (χ1n) is 7.51. The number of nitrogens with zero attached hydrogens (tertiary/aromatic N) is 1. The van der Waals surface area contributed by atoms with E-state index in [-0.39, 0.29) is 17.5 Å². The van der Waals surface area contributed by atoms with Gasteiger partial charge < -0.3 is 10.6 Å². The number of aromatic nitrogens is 1. The first-order chi connectivity index (χ1) is 12.1. The van der Waals surface area contributed by atoms with Crippen molar-refractivity contribution >= 4 is 39.1 Å². The molecule has 2 amide bonds. The fraction of sp³-hybridized carbons (Fsp3) is 0. The molecule has 6 heteroatoms. The quantitative estimate of drug-likeness (QED) is 0.689. The van der Waals surface area contributed by atoms with Crippen LogP contribution >= 0.6 is 15.9 Å². The molecule has 0 radical (unpaired) electrons. The number of amides is 2. The van der Waals surface area contributed by atoms with Gasteiger partial charge in [-0.25, -0.2) is 0 Å². The van der Waals surface area contributed by atoms with E-state index >= 15 is 0 Å². The van der Waals surface area contributed by atoms with Gasteiger partial charge in [-0.2, -0.15) is 0 Å². The summed E-state index contributed by atoms with van der Waals surface area (Å²) in [5.74, 6) is -0.678. The molecule has 0 bridgehead atoms. The summed E-state index contributed by atoms with van der Waals surface area (Å²) in [7, 11) is 0. The molecule has 0 atom stereocenters. The van der Waals surface area contributed by atoms with Gasteiger partial charge in [-0.15, -0.1) is 0 Å². The first kappa shape index (κ1) is 16.9. The van der Waals surface area contributed by atoms with E-state index in [9.17, 15) is 9.59 Å². The van der Waals surface area contributed by atoms with Crippen LogP contribution in [-0.2, 0) is 0 Å². The summed E-state index contributed by atoms with van der Waals surface area (Å²) >= 11 is 3.34. The Balaban J connectivity index is 1.73. The number of hydrogen-bond donors (Lipinski definition) is 2. The van der Waals surface area contributed by atoms with Gasteiger partial charge in [0.1, 0.15) is 5.69 Å². The number of anilines is 2. The molecule has 0 spiro atoms. The Morgan fingerprint density at radius 1 is 0.800 bits per heavy atom. The average molecular weight is 396 g/mol. The number of benzene rings is 2. The van der Waals surface area contributed by atoms with E-state index in [1.165, 1.54) is 12.3 Å². The van der Waals surface area contributed by atoms with Crippen molar-refractivity contribution < 1.29 is 9.59 Å². The number of rotatable bonds is 4. The van der Waals surface area contributed by atoms with E-state index in [1.54, 1.807) is 30.3 Å². The molecule has 5 nitrogen and oxygen atoms in total. The van der Waals surface area contributed by atoms with Crippen LogP contribution in [0.5, 0.6) is 0 Å². The molecule has 0 saturated carbocycles. The molecule has 0 aliphatic rings. The molecular weight excluding hydrogens is 382 g/mol. The number of halogens is 1. The van der Waals surface area contributed by atoms with Gasteiger partial charge in [0.25, 0.3) is 11.8 Å². The summed E-state index contributed by atoms with van der Waals surface area (Å²) in [6, 6.07) is 19.3. The van der Waals surface area contributed by atoms with Crippen molar-refractivity contribution in [3.63, 3.8) is 0 Å². The van der Waals surface area contributed by atoms with Crippen molar-refractivity contribution in [2.75, 3.05) is 10.6 Å². The van der Waals surface area contributed by atoms with Crippen LogP contribution in [-0.4, -0.2) is 16.8 Å². The second-order valence-corrected chi connectivity index (χ2v) is 6.13. The summed E-state index contributed by atoms with van der Waals surface area (Å²) in [5.41, 5.74) is 1.86. The van der Waals surface area contributed by atoms with Crippen LogP contribution in [0.15, 0.2) is 77.4 Å². The smallest absolute Gasteiger partial charge is 0.274 e. The van der Waals surface area contributed by atoms with Gasteiger partial charge in [-0.05, 0) is 48.5 Å². The third-order valence-corrected chi connectivity index (χ3v) is 3.92. The van der Waals surface area contributed by atoms with E-state index in [4.69, 9.17) is 0 Å². The summed E-state index contributed by atoms with van der Waals surface area (Å²) in [4.78, 5) is 28.7. The second-order valence-electron chi connectivity index (χ2n) is 5.21. The van der Waals surface area contributed by atoms with Gasteiger partial charge in [0.15, 0.2) is 0 Å². The minimum atomic E-state index is -0.371. The molecule has 3 rings (SSSR count). The number of nitrogens with one attached hydrogen (secondary N) is 2. The molecule has 0 aliphatic heterocycles. The Labute approximate surface area is 153 Å². The molecule has 0 unspecified atom stereocenters. The van der Waals surface area contributed by atoms with Crippen LogP contribution in [0.2, 0.25) is 0 Å². The van der Waals surface area contributed by atoms with Crippen molar-refractivity contribution in [2.24, 2.45) is 0 Å². The second kappa shape index (κ2) is 7.72. The summed E-state index contributed by atoms with van der Waals surface area (Å²) in [5, 5.41) is 5.52. The van der Waals surface area contributed by atoms with Crippen LogP contribution in [0, 0.1) is 0 Å². The number of carbonyl (C=O) groups excluding carboxylic acids is 2. The molecule has 25 heavy (non-hydrogen) atoms. The fourth-order valence-corrected chi connectivity index (χ4v) is 2.41.